The van der Waals surface area contributed by atoms with Gasteiger partial charge >= 0.3 is 11.9 Å². The Morgan fingerprint density at radius 3 is 2.62 bits per heavy atom. The van der Waals surface area contributed by atoms with Gasteiger partial charge in [0.15, 0.2) is 6.10 Å². The minimum absolute atomic E-state index is 0.0142. The number of carbonyl (C=O) groups is 2. The van der Waals surface area contributed by atoms with Crippen molar-refractivity contribution in [3.05, 3.63) is 12.2 Å². The predicted octanol–water partition coefficient (Wildman–Crippen LogP) is 2.12. The normalized spacial score (nSPS) is 39.2. The largest absolute Gasteiger partial charge is 0.458 e. The van der Waals surface area contributed by atoms with Gasteiger partial charge in [0.05, 0.1) is 17.6 Å². The second-order valence-corrected chi connectivity index (χ2v) is 8.71. The summed E-state index contributed by atoms with van der Waals surface area (Å²) in [4.78, 5) is 24.5. The second-order valence-electron chi connectivity index (χ2n) is 8.71. The summed E-state index contributed by atoms with van der Waals surface area (Å²) in [5.74, 6) is -0.543. The van der Waals surface area contributed by atoms with Crippen LogP contribution >= 0.6 is 0 Å². The van der Waals surface area contributed by atoms with Crippen LogP contribution in [0.15, 0.2) is 12.2 Å². The van der Waals surface area contributed by atoms with Crippen LogP contribution in [0.2, 0.25) is 0 Å². The molecule has 5 atom stereocenters. The van der Waals surface area contributed by atoms with E-state index < -0.39 is 29.7 Å². The fourth-order valence-electron chi connectivity index (χ4n) is 5.97. The van der Waals surface area contributed by atoms with Crippen LogP contribution in [0.1, 0.15) is 58.8 Å². The molecule has 6 heteroatoms. The molecule has 0 spiro atoms. The topological polar surface area (TPSA) is 93.1 Å². The van der Waals surface area contributed by atoms with E-state index in [1.807, 2.05) is 0 Å². The first-order valence-electron chi connectivity index (χ1n) is 9.61. The van der Waals surface area contributed by atoms with Crippen molar-refractivity contribution < 1.29 is 29.3 Å². The maximum absolute atomic E-state index is 13.0. The summed E-state index contributed by atoms with van der Waals surface area (Å²) >= 11 is 0. The van der Waals surface area contributed by atoms with Gasteiger partial charge < -0.3 is 19.7 Å². The van der Waals surface area contributed by atoms with Crippen molar-refractivity contribution in [2.75, 3.05) is 13.2 Å². The smallest absolute Gasteiger partial charge is 0.330 e. The monoisotopic (exact) mass is 366 g/mol. The lowest BCUT2D eigenvalue weighted by Crippen LogP contribution is -2.62. The Bertz CT molecular complexity index is 601. The van der Waals surface area contributed by atoms with Gasteiger partial charge in [-0.15, -0.1) is 0 Å². The summed E-state index contributed by atoms with van der Waals surface area (Å²) in [5.41, 5.74) is -1.44. The molecule has 5 unspecified atom stereocenters. The molecule has 0 saturated heterocycles. The third kappa shape index (κ3) is 3.54. The molecule has 0 heterocycles. The lowest BCUT2D eigenvalue weighted by Gasteiger charge is -2.64. The van der Waals surface area contributed by atoms with Crippen LogP contribution in [0.4, 0.5) is 0 Å². The molecule has 4 rings (SSSR count). The van der Waals surface area contributed by atoms with Crippen LogP contribution < -0.4 is 0 Å². The van der Waals surface area contributed by atoms with Gasteiger partial charge in [-0.05, 0) is 56.8 Å². The van der Waals surface area contributed by atoms with E-state index in [1.165, 1.54) is 6.08 Å². The van der Waals surface area contributed by atoms with Gasteiger partial charge in [-0.1, -0.05) is 19.4 Å². The van der Waals surface area contributed by atoms with Crippen LogP contribution in [0.3, 0.4) is 0 Å². The van der Waals surface area contributed by atoms with Gasteiger partial charge in [-0.3, -0.25) is 4.79 Å². The van der Waals surface area contributed by atoms with Gasteiger partial charge in [0.1, 0.15) is 6.61 Å². The first-order chi connectivity index (χ1) is 12.3. The first-order valence-corrected chi connectivity index (χ1v) is 9.61. The fourth-order valence-corrected chi connectivity index (χ4v) is 5.97. The molecule has 26 heavy (non-hydrogen) atoms. The molecule has 146 valence electrons. The van der Waals surface area contributed by atoms with Crippen molar-refractivity contribution in [1.82, 2.24) is 0 Å². The Balaban J connectivity index is 1.69. The number of hydrogen-bond donors (Lipinski definition) is 2. The maximum Gasteiger partial charge on any atom is 0.330 e. The van der Waals surface area contributed by atoms with Gasteiger partial charge in [-0.25, -0.2) is 4.79 Å². The Labute approximate surface area is 154 Å². The Morgan fingerprint density at radius 1 is 1.23 bits per heavy atom. The van der Waals surface area contributed by atoms with E-state index in [0.29, 0.717) is 12.3 Å². The molecule has 4 aliphatic rings. The third-order valence-corrected chi connectivity index (χ3v) is 6.53. The highest BCUT2D eigenvalue weighted by atomic mass is 16.6. The molecule has 4 fully saturated rings. The van der Waals surface area contributed by atoms with E-state index in [0.717, 1.165) is 38.5 Å². The molecule has 4 saturated carbocycles. The molecule has 0 aromatic carbocycles. The third-order valence-electron chi connectivity index (χ3n) is 6.53. The predicted molar refractivity (Wildman–Crippen MR) is 94.0 cm³/mol. The molecular formula is C20H30O6. The lowest BCUT2D eigenvalue weighted by atomic mass is 9.42. The molecule has 2 N–H and O–H groups in total. The number of ether oxygens (including phenoxy) is 2. The average molecular weight is 366 g/mol. The van der Waals surface area contributed by atoms with Crippen LogP contribution in [0.5, 0.6) is 0 Å². The lowest BCUT2D eigenvalue weighted by molar-refractivity contribution is -0.222. The number of aliphatic hydroxyl groups is 2. The van der Waals surface area contributed by atoms with Gasteiger partial charge in [0.25, 0.3) is 0 Å². The van der Waals surface area contributed by atoms with Crippen LogP contribution in [0.25, 0.3) is 0 Å². The molecule has 6 nitrogen and oxygen atoms in total. The number of aliphatic hydroxyl groups excluding tert-OH is 1. The SMILES string of the molecule is CC=CC(=O)OCC(CO)OC(=O)C12CC3CC(O)(CC(CC)(C3)C1)C2. The number of allylic oxidation sites excluding steroid dienone is 1. The van der Waals surface area contributed by atoms with E-state index in [4.69, 9.17) is 9.47 Å². The summed E-state index contributed by atoms with van der Waals surface area (Å²) in [6.45, 7) is 3.25. The zero-order chi connectivity index (χ0) is 19.0. The first kappa shape index (κ1) is 19.4. The van der Waals surface area contributed by atoms with Gasteiger partial charge in [-0.2, -0.15) is 0 Å². The summed E-state index contributed by atoms with van der Waals surface area (Å²) < 4.78 is 10.5. The molecule has 0 aromatic rings. The van der Waals surface area contributed by atoms with Crippen molar-refractivity contribution in [3.8, 4) is 0 Å². The van der Waals surface area contributed by atoms with Crippen molar-refractivity contribution in [3.63, 3.8) is 0 Å². The van der Waals surface area contributed by atoms with Gasteiger partial charge in [0, 0.05) is 6.08 Å². The molecule has 4 aliphatic carbocycles. The summed E-state index contributed by atoms with van der Waals surface area (Å²) in [5, 5.41) is 20.5. The molecule has 0 aliphatic heterocycles. The average Bonchev–Trinajstić information content (AvgIpc) is 2.56. The zero-order valence-corrected chi connectivity index (χ0v) is 15.7. The van der Waals surface area contributed by atoms with E-state index >= 15 is 0 Å². The number of hydrogen-bond acceptors (Lipinski definition) is 6. The summed E-state index contributed by atoms with van der Waals surface area (Å²) in [7, 11) is 0. The number of esters is 2. The Kier molecular flexibility index (Phi) is 5.19. The van der Waals surface area contributed by atoms with Crippen LogP contribution in [-0.2, 0) is 19.1 Å². The van der Waals surface area contributed by atoms with Crippen molar-refractivity contribution in [2.24, 2.45) is 16.7 Å². The van der Waals surface area contributed by atoms with E-state index in [9.17, 15) is 19.8 Å². The molecule has 0 amide bonds. The Hall–Kier alpha value is -1.40. The minimum atomic E-state index is -0.878. The van der Waals surface area contributed by atoms with E-state index in [-0.39, 0.29) is 18.0 Å². The van der Waals surface area contributed by atoms with Gasteiger partial charge in [0.2, 0.25) is 0 Å². The summed E-state index contributed by atoms with van der Waals surface area (Å²) in [6, 6.07) is 0. The van der Waals surface area contributed by atoms with Crippen LogP contribution in [0, 0.1) is 16.7 Å². The zero-order valence-electron chi connectivity index (χ0n) is 15.7. The maximum atomic E-state index is 13.0. The van der Waals surface area contributed by atoms with Crippen molar-refractivity contribution in [1.29, 1.82) is 0 Å². The molecule has 4 bridgehead atoms. The molecule has 0 radical (unpaired) electrons. The van der Waals surface area contributed by atoms with E-state index in [2.05, 4.69) is 6.92 Å². The van der Waals surface area contributed by atoms with Crippen molar-refractivity contribution in [2.45, 2.75) is 70.5 Å². The van der Waals surface area contributed by atoms with E-state index in [1.54, 1.807) is 13.0 Å². The quantitative estimate of drug-likeness (QED) is 0.530. The molecule has 0 aromatic heterocycles. The summed E-state index contributed by atoms with van der Waals surface area (Å²) in [6.07, 6.45) is 7.44. The second kappa shape index (κ2) is 6.97. The van der Waals surface area contributed by atoms with Crippen LogP contribution in [-0.4, -0.2) is 47.1 Å². The minimum Gasteiger partial charge on any atom is -0.458 e. The molecular weight excluding hydrogens is 336 g/mol. The highest BCUT2D eigenvalue weighted by Gasteiger charge is 2.65. The number of rotatable bonds is 7. The van der Waals surface area contributed by atoms with Crippen molar-refractivity contribution >= 4 is 11.9 Å². The Morgan fingerprint density at radius 2 is 2.00 bits per heavy atom. The highest BCUT2D eigenvalue weighted by molar-refractivity contribution is 5.82. The standard InChI is InChI=1S/C20H30O6/c1-3-5-16(22)25-10-15(9-21)26-17(23)19-7-14-6-18(4-2,11-19)12-20(24,8-14)13-19/h3,5,14-15,21,24H,4,6-13H2,1-2H3. The highest BCUT2D eigenvalue weighted by Crippen LogP contribution is 2.67. The number of carbonyl (C=O) groups excluding carboxylic acids is 2. The fraction of sp³-hybridized carbons (Fsp3) is 0.800.